The van der Waals surface area contributed by atoms with E-state index in [2.05, 4.69) is 4.98 Å². The topological polar surface area (TPSA) is 39.2 Å². The van der Waals surface area contributed by atoms with Crippen LogP contribution in [0.25, 0.3) is 11.1 Å². The lowest BCUT2D eigenvalue weighted by Gasteiger charge is -2.12. The standard InChI is InChI=1S/C20H17NO2/c1-15(22)17-11-18(13-21-12-17)19-9-5-6-10-20(19)23-14-16-7-3-2-4-8-16/h2-13H,14H2,1H3. The number of ether oxygens (including phenoxy) is 1. The molecule has 114 valence electrons. The van der Waals surface area contributed by atoms with Crippen LogP contribution in [0.3, 0.4) is 0 Å². The molecule has 0 saturated carbocycles. The first-order chi connectivity index (χ1) is 11.2. The van der Waals surface area contributed by atoms with Crippen molar-refractivity contribution < 1.29 is 9.53 Å². The third kappa shape index (κ3) is 3.64. The van der Waals surface area contributed by atoms with Crippen LogP contribution in [-0.2, 0) is 6.61 Å². The molecule has 0 atom stereocenters. The predicted octanol–water partition coefficient (Wildman–Crippen LogP) is 4.53. The Morgan fingerprint density at radius 3 is 2.52 bits per heavy atom. The first kappa shape index (κ1) is 15.0. The van der Waals surface area contributed by atoms with Gasteiger partial charge < -0.3 is 4.74 Å². The van der Waals surface area contributed by atoms with E-state index >= 15 is 0 Å². The Labute approximate surface area is 135 Å². The van der Waals surface area contributed by atoms with Crippen molar-refractivity contribution in [2.75, 3.05) is 0 Å². The molecule has 0 aliphatic carbocycles. The molecule has 0 spiro atoms. The molecule has 3 heteroatoms. The number of hydrogen-bond acceptors (Lipinski definition) is 3. The van der Waals surface area contributed by atoms with Gasteiger partial charge in [0.2, 0.25) is 0 Å². The zero-order valence-electron chi connectivity index (χ0n) is 12.9. The second-order valence-corrected chi connectivity index (χ2v) is 5.29. The first-order valence-electron chi connectivity index (χ1n) is 7.46. The lowest BCUT2D eigenvalue weighted by molar-refractivity contribution is 0.101. The quantitative estimate of drug-likeness (QED) is 0.650. The zero-order valence-corrected chi connectivity index (χ0v) is 12.9. The van der Waals surface area contributed by atoms with Crippen molar-refractivity contribution in [3.8, 4) is 16.9 Å². The Morgan fingerprint density at radius 1 is 1.00 bits per heavy atom. The van der Waals surface area contributed by atoms with Crippen LogP contribution >= 0.6 is 0 Å². The number of rotatable bonds is 5. The van der Waals surface area contributed by atoms with Crippen molar-refractivity contribution >= 4 is 5.78 Å². The van der Waals surface area contributed by atoms with E-state index in [4.69, 9.17) is 4.74 Å². The van der Waals surface area contributed by atoms with Gasteiger partial charge in [-0.3, -0.25) is 9.78 Å². The summed E-state index contributed by atoms with van der Waals surface area (Å²) in [5.41, 5.74) is 3.51. The van der Waals surface area contributed by atoms with Crippen LogP contribution in [-0.4, -0.2) is 10.8 Å². The van der Waals surface area contributed by atoms with E-state index in [-0.39, 0.29) is 5.78 Å². The molecule has 23 heavy (non-hydrogen) atoms. The monoisotopic (exact) mass is 303 g/mol. The van der Waals surface area contributed by atoms with Gasteiger partial charge in [-0.2, -0.15) is 0 Å². The van der Waals surface area contributed by atoms with Crippen LogP contribution in [0, 0.1) is 0 Å². The van der Waals surface area contributed by atoms with Crippen LogP contribution in [0.15, 0.2) is 73.1 Å². The Kier molecular flexibility index (Phi) is 4.48. The third-order valence-electron chi connectivity index (χ3n) is 3.58. The minimum absolute atomic E-state index is 0.00188. The molecule has 3 rings (SSSR count). The van der Waals surface area contributed by atoms with Crippen LogP contribution in [0.2, 0.25) is 0 Å². The molecule has 0 saturated heterocycles. The molecule has 0 aliphatic heterocycles. The smallest absolute Gasteiger partial charge is 0.161 e. The lowest BCUT2D eigenvalue weighted by atomic mass is 10.0. The highest BCUT2D eigenvalue weighted by atomic mass is 16.5. The fourth-order valence-electron chi connectivity index (χ4n) is 2.35. The second kappa shape index (κ2) is 6.88. The number of nitrogens with zero attached hydrogens (tertiary/aromatic N) is 1. The molecule has 0 fully saturated rings. The molecule has 0 N–H and O–H groups in total. The number of para-hydroxylation sites is 1. The summed E-state index contributed by atoms with van der Waals surface area (Å²) in [6, 6.07) is 19.7. The molecule has 1 heterocycles. The number of pyridine rings is 1. The molecule has 2 aromatic carbocycles. The molecule has 1 aromatic heterocycles. The lowest BCUT2D eigenvalue weighted by Crippen LogP contribution is -1.98. The molecule has 0 radical (unpaired) electrons. The van der Waals surface area contributed by atoms with E-state index in [1.165, 1.54) is 0 Å². The number of hydrogen-bond donors (Lipinski definition) is 0. The van der Waals surface area contributed by atoms with E-state index in [1.807, 2.05) is 60.7 Å². The van der Waals surface area contributed by atoms with E-state index < -0.39 is 0 Å². The zero-order chi connectivity index (χ0) is 16.1. The van der Waals surface area contributed by atoms with Crippen molar-refractivity contribution in [2.24, 2.45) is 0 Å². The minimum Gasteiger partial charge on any atom is -0.488 e. The maximum Gasteiger partial charge on any atom is 0.161 e. The number of carbonyl (C=O) groups excluding carboxylic acids is 1. The van der Waals surface area contributed by atoms with Gasteiger partial charge in [0.15, 0.2) is 5.78 Å². The fraction of sp³-hybridized carbons (Fsp3) is 0.100. The van der Waals surface area contributed by atoms with E-state index in [0.29, 0.717) is 12.2 Å². The number of aromatic nitrogens is 1. The highest BCUT2D eigenvalue weighted by molar-refractivity contribution is 5.95. The van der Waals surface area contributed by atoms with Gasteiger partial charge in [-0.1, -0.05) is 48.5 Å². The van der Waals surface area contributed by atoms with E-state index in [0.717, 1.165) is 22.4 Å². The Balaban J connectivity index is 1.89. The van der Waals surface area contributed by atoms with Crippen molar-refractivity contribution in [3.63, 3.8) is 0 Å². The van der Waals surface area contributed by atoms with Gasteiger partial charge in [0.1, 0.15) is 12.4 Å². The first-order valence-corrected chi connectivity index (χ1v) is 7.46. The summed E-state index contributed by atoms with van der Waals surface area (Å²) in [6.45, 7) is 2.04. The summed E-state index contributed by atoms with van der Waals surface area (Å²) in [7, 11) is 0. The van der Waals surface area contributed by atoms with Crippen LogP contribution < -0.4 is 4.74 Å². The normalized spacial score (nSPS) is 10.3. The number of Topliss-reactive ketones (excluding diaryl/α,β-unsaturated/α-hetero) is 1. The molecule has 3 aromatic rings. The van der Waals surface area contributed by atoms with Crippen LogP contribution in [0.4, 0.5) is 0 Å². The van der Waals surface area contributed by atoms with Crippen molar-refractivity contribution in [3.05, 3.63) is 84.2 Å². The minimum atomic E-state index is 0.00188. The largest absolute Gasteiger partial charge is 0.488 e. The summed E-state index contributed by atoms with van der Waals surface area (Å²) in [4.78, 5) is 15.7. The van der Waals surface area contributed by atoms with Crippen LogP contribution in [0.1, 0.15) is 22.8 Å². The van der Waals surface area contributed by atoms with Crippen molar-refractivity contribution in [1.29, 1.82) is 0 Å². The van der Waals surface area contributed by atoms with Gasteiger partial charge in [-0.25, -0.2) is 0 Å². The van der Waals surface area contributed by atoms with Crippen molar-refractivity contribution in [2.45, 2.75) is 13.5 Å². The number of carbonyl (C=O) groups is 1. The molecular formula is C20H17NO2. The highest BCUT2D eigenvalue weighted by Gasteiger charge is 2.09. The second-order valence-electron chi connectivity index (χ2n) is 5.29. The van der Waals surface area contributed by atoms with Gasteiger partial charge in [0.25, 0.3) is 0 Å². The summed E-state index contributed by atoms with van der Waals surface area (Å²) in [5, 5.41) is 0. The summed E-state index contributed by atoms with van der Waals surface area (Å²) in [5.74, 6) is 0.779. The van der Waals surface area contributed by atoms with Gasteiger partial charge in [-0.05, 0) is 24.6 Å². The molecule has 3 nitrogen and oxygen atoms in total. The van der Waals surface area contributed by atoms with Gasteiger partial charge in [-0.15, -0.1) is 0 Å². The Bertz CT molecular complexity index is 813. The average molecular weight is 303 g/mol. The fourth-order valence-corrected chi connectivity index (χ4v) is 2.35. The van der Waals surface area contributed by atoms with Gasteiger partial charge in [0, 0.05) is 29.1 Å². The van der Waals surface area contributed by atoms with Crippen molar-refractivity contribution in [1.82, 2.24) is 4.98 Å². The Morgan fingerprint density at radius 2 is 1.74 bits per heavy atom. The maximum atomic E-state index is 11.6. The SMILES string of the molecule is CC(=O)c1cncc(-c2ccccc2OCc2ccccc2)c1. The van der Waals surface area contributed by atoms with Gasteiger partial charge in [0.05, 0.1) is 0 Å². The van der Waals surface area contributed by atoms with Gasteiger partial charge >= 0.3 is 0 Å². The summed E-state index contributed by atoms with van der Waals surface area (Å²) < 4.78 is 5.97. The third-order valence-corrected chi connectivity index (χ3v) is 3.58. The predicted molar refractivity (Wildman–Crippen MR) is 90.5 cm³/mol. The Hall–Kier alpha value is -2.94. The average Bonchev–Trinajstić information content (AvgIpc) is 2.61. The maximum absolute atomic E-state index is 11.6. The summed E-state index contributed by atoms with van der Waals surface area (Å²) >= 11 is 0. The summed E-state index contributed by atoms with van der Waals surface area (Å²) in [6.07, 6.45) is 3.33. The molecular weight excluding hydrogens is 286 g/mol. The number of benzene rings is 2. The molecule has 0 aliphatic rings. The van der Waals surface area contributed by atoms with E-state index in [1.54, 1.807) is 19.3 Å². The van der Waals surface area contributed by atoms with E-state index in [9.17, 15) is 4.79 Å². The molecule has 0 unspecified atom stereocenters. The highest BCUT2D eigenvalue weighted by Crippen LogP contribution is 2.30. The number of ketones is 1. The molecule has 0 bridgehead atoms. The van der Waals surface area contributed by atoms with Crippen LogP contribution in [0.5, 0.6) is 5.75 Å². The molecule has 0 amide bonds.